The third-order valence-electron chi connectivity index (χ3n) is 2.16. The molecular weight excluding hydrogens is 168 g/mol. The average Bonchev–Trinajstić information content (AvgIpc) is 2.01. The maximum Gasteiger partial charge on any atom is 0.329 e. The van der Waals surface area contributed by atoms with Crippen LogP contribution < -0.4 is 0 Å². The zero-order valence-electron chi connectivity index (χ0n) is 7.74. The Balaban J connectivity index is 2.25. The summed E-state index contributed by atoms with van der Waals surface area (Å²) >= 11 is 0. The van der Waals surface area contributed by atoms with Crippen LogP contribution in [-0.2, 0) is 9.53 Å². The van der Waals surface area contributed by atoms with E-state index < -0.39 is 5.97 Å². The van der Waals surface area contributed by atoms with E-state index >= 15 is 0 Å². The van der Waals surface area contributed by atoms with Crippen molar-refractivity contribution in [1.29, 1.82) is 0 Å². The normalized spacial score (nSPS) is 26.0. The molecule has 1 aliphatic carbocycles. The average molecular weight is 184 g/mol. The van der Waals surface area contributed by atoms with E-state index in [0.717, 1.165) is 25.7 Å². The van der Waals surface area contributed by atoms with Gasteiger partial charge in [0.1, 0.15) is 6.61 Å². The van der Waals surface area contributed by atoms with Crippen molar-refractivity contribution in [3.8, 4) is 0 Å². The molecule has 1 unspecified atom stereocenters. The largest absolute Gasteiger partial charge is 0.480 e. The molecule has 0 bridgehead atoms. The van der Waals surface area contributed by atoms with Crippen LogP contribution in [0.3, 0.4) is 0 Å². The molecule has 1 N–H and O–H groups in total. The van der Waals surface area contributed by atoms with Gasteiger partial charge in [-0.2, -0.15) is 0 Å². The lowest BCUT2D eigenvalue weighted by Crippen LogP contribution is -2.18. The van der Waals surface area contributed by atoms with E-state index in [0.29, 0.717) is 0 Å². The molecule has 0 fully saturated rings. The molecule has 0 aromatic heterocycles. The van der Waals surface area contributed by atoms with Crippen molar-refractivity contribution >= 4 is 5.97 Å². The third-order valence-corrected chi connectivity index (χ3v) is 2.16. The topological polar surface area (TPSA) is 46.5 Å². The van der Waals surface area contributed by atoms with E-state index in [2.05, 4.69) is 12.2 Å². The molecule has 0 saturated heterocycles. The van der Waals surface area contributed by atoms with Crippen molar-refractivity contribution < 1.29 is 14.6 Å². The molecule has 13 heavy (non-hydrogen) atoms. The molecular formula is C10H16O3. The van der Waals surface area contributed by atoms with Crippen molar-refractivity contribution in [2.75, 3.05) is 6.61 Å². The summed E-state index contributed by atoms with van der Waals surface area (Å²) in [5.74, 6) is -0.883. The summed E-state index contributed by atoms with van der Waals surface area (Å²) < 4.78 is 5.23. The number of hydrogen-bond donors (Lipinski definition) is 1. The second kappa shape index (κ2) is 5.75. The van der Waals surface area contributed by atoms with Crippen molar-refractivity contribution in [2.24, 2.45) is 0 Å². The first-order valence-electron chi connectivity index (χ1n) is 4.77. The number of carbonyl (C=O) groups is 1. The third kappa shape index (κ3) is 4.68. The summed E-state index contributed by atoms with van der Waals surface area (Å²) in [5, 5.41) is 8.43. The maximum absolute atomic E-state index is 10.3. The molecule has 1 atom stereocenters. The van der Waals surface area contributed by atoms with Crippen LogP contribution in [0.15, 0.2) is 12.2 Å². The van der Waals surface area contributed by atoms with Crippen molar-refractivity contribution in [2.45, 2.75) is 38.2 Å². The van der Waals surface area contributed by atoms with Gasteiger partial charge in [0.05, 0.1) is 6.10 Å². The molecule has 1 rings (SSSR count). The molecule has 0 aromatic carbocycles. The number of carboxylic acid groups (broad SMARTS) is 1. The highest BCUT2D eigenvalue weighted by molar-refractivity contribution is 5.68. The monoisotopic (exact) mass is 184 g/mol. The van der Waals surface area contributed by atoms with Crippen molar-refractivity contribution in [3.63, 3.8) is 0 Å². The summed E-state index contributed by atoms with van der Waals surface area (Å²) in [6, 6.07) is 0. The fraction of sp³-hybridized carbons (Fsp3) is 0.700. The highest BCUT2D eigenvalue weighted by Gasteiger charge is 2.10. The van der Waals surface area contributed by atoms with Crippen LogP contribution in [0.5, 0.6) is 0 Å². The molecule has 0 spiro atoms. The maximum atomic E-state index is 10.3. The summed E-state index contributed by atoms with van der Waals surface area (Å²) in [4.78, 5) is 10.3. The first kappa shape index (κ1) is 10.3. The van der Waals surface area contributed by atoms with Gasteiger partial charge in [-0.25, -0.2) is 4.79 Å². The molecule has 0 heterocycles. The zero-order chi connectivity index (χ0) is 9.52. The molecule has 3 heteroatoms. The molecule has 74 valence electrons. The second-order valence-electron chi connectivity index (χ2n) is 3.32. The van der Waals surface area contributed by atoms with E-state index in [1.807, 2.05) is 0 Å². The van der Waals surface area contributed by atoms with Crippen LogP contribution in [0.1, 0.15) is 32.1 Å². The Morgan fingerprint density at radius 3 is 3.08 bits per heavy atom. The molecule has 0 radical (unpaired) electrons. The number of carboxylic acids is 1. The van der Waals surface area contributed by atoms with Gasteiger partial charge in [0.2, 0.25) is 0 Å². The van der Waals surface area contributed by atoms with Gasteiger partial charge in [-0.1, -0.05) is 18.6 Å². The minimum atomic E-state index is -0.883. The van der Waals surface area contributed by atoms with Gasteiger partial charge in [0, 0.05) is 0 Å². The van der Waals surface area contributed by atoms with E-state index in [-0.39, 0.29) is 12.7 Å². The second-order valence-corrected chi connectivity index (χ2v) is 3.32. The molecule has 0 amide bonds. The quantitative estimate of drug-likeness (QED) is 0.682. The van der Waals surface area contributed by atoms with Crippen LogP contribution in [0.2, 0.25) is 0 Å². The van der Waals surface area contributed by atoms with Gasteiger partial charge >= 0.3 is 5.97 Å². The molecule has 0 aromatic rings. The predicted molar refractivity (Wildman–Crippen MR) is 49.6 cm³/mol. The molecule has 0 saturated carbocycles. The summed E-state index contributed by atoms with van der Waals surface area (Å²) in [5.41, 5.74) is 0. The zero-order valence-corrected chi connectivity index (χ0v) is 7.74. The number of hydrogen-bond acceptors (Lipinski definition) is 2. The first-order valence-corrected chi connectivity index (χ1v) is 4.77. The lowest BCUT2D eigenvalue weighted by molar-refractivity contribution is -0.144. The molecule has 0 aliphatic heterocycles. The number of rotatable bonds is 3. The Hall–Kier alpha value is -0.830. The van der Waals surface area contributed by atoms with E-state index in [9.17, 15) is 4.79 Å². The Bertz CT molecular complexity index is 187. The van der Waals surface area contributed by atoms with Crippen molar-refractivity contribution in [1.82, 2.24) is 0 Å². The van der Waals surface area contributed by atoms with Crippen LogP contribution in [-0.4, -0.2) is 23.8 Å². The Kier molecular flexibility index (Phi) is 4.54. The minimum Gasteiger partial charge on any atom is -0.480 e. The van der Waals surface area contributed by atoms with Gasteiger partial charge in [-0.15, -0.1) is 0 Å². The number of aliphatic carboxylic acids is 1. The standard InChI is InChI=1S/C10H16O3/c11-10(12)8-13-9-6-4-2-1-3-5-7-9/h2,4,9H,1,3,5-8H2,(H,11,12)/b4-2+. The van der Waals surface area contributed by atoms with Crippen LogP contribution in [0.4, 0.5) is 0 Å². The summed E-state index contributed by atoms with van der Waals surface area (Å²) in [6.45, 7) is -0.168. The summed E-state index contributed by atoms with van der Waals surface area (Å²) in [6.07, 6.45) is 9.64. The van der Waals surface area contributed by atoms with Crippen LogP contribution in [0.25, 0.3) is 0 Å². The lowest BCUT2D eigenvalue weighted by atomic mass is 10.0. The molecule has 3 nitrogen and oxygen atoms in total. The van der Waals surface area contributed by atoms with Gasteiger partial charge < -0.3 is 9.84 Å². The van der Waals surface area contributed by atoms with E-state index in [1.165, 1.54) is 6.42 Å². The van der Waals surface area contributed by atoms with Gasteiger partial charge in [0.25, 0.3) is 0 Å². The van der Waals surface area contributed by atoms with E-state index in [1.54, 1.807) is 0 Å². The lowest BCUT2D eigenvalue weighted by Gasteiger charge is -2.16. The molecule has 1 aliphatic rings. The Morgan fingerprint density at radius 1 is 1.46 bits per heavy atom. The summed E-state index contributed by atoms with van der Waals surface area (Å²) in [7, 11) is 0. The highest BCUT2D eigenvalue weighted by Crippen LogP contribution is 2.14. The fourth-order valence-electron chi connectivity index (χ4n) is 1.46. The van der Waals surface area contributed by atoms with Crippen molar-refractivity contribution in [3.05, 3.63) is 12.2 Å². The number of allylic oxidation sites excluding steroid dienone is 1. The SMILES string of the molecule is O=C(O)COC1C/C=C/CCCC1. The van der Waals surface area contributed by atoms with Gasteiger partial charge in [-0.05, 0) is 25.7 Å². The minimum absolute atomic E-state index is 0.104. The Morgan fingerprint density at radius 2 is 2.31 bits per heavy atom. The van der Waals surface area contributed by atoms with Crippen LogP contribution in [0, 0.1) is 0 Å². The number of ether oxygens (including phenoxy) is 1. The predicted octanol–water partition coefficient (Wildman–Crippen LogP) is 1.98. The smallest absolute Gasteiger partial charge is 0.329 e. The highest BCUT2D eigenvalue weighted by atomic mass is 16.5. The Labute approximate surface area is 78.4 Å². The van der Waals surface area contributed by atoms with Gasteiger partial charge in [-0.3, -0.25) is 0 Å². The van der Waals surface area contributed by atoms with Crippen LogP contribution >= 0.6 is 0 Å². The first-order chi connectivity index (χ1) is 6.29. The van der Waals surface area contributed by atoms with E-state index in [4.69, 9.17) is 9.84 Å². The fourth-order valence-corrected chi connectivity index (χ4v) is 1.46. The van der Waals surface area contributed by atoms with Gasteiger partial charge in [0.15, 0.2) is 0 Å².